The van der Waals surface area contributed by atoms with Crippen LogP contribution in [-0.4, -0.2) is 38.1 Å². The van der Waals surface area contributed by atoms with E-state index in [4.69, 9.17) is 9.47 Å². The molecule has 0 unspecified atom stereocenters. The summed E-state index contributed by atoms with van der Waals surface area (Å²) < 4.78 is 46.3. The zero-order valence-electron chi connectivity index (χ0n) is 29.8. The molecule has 47 heavy (non-hydrogen) atoms. The van der Waals surface area contributed by atoms with Crippen LogP contribution in [0.2, 0.25) is 0 Å². The molecule has 0 radical (unpaired) electrons. The predicted octanol–water partition coefficient (Wildman–Crippen LogP) is 7.64. The monoisotopic (exact) mass is 700 g/mol. The van der Waals surface area contributed by atoms with Crippen molar-refractivity contribution >= 4 is 22.1 Å². The molecule has 7 nitrogen and oxygen atoms in total. The van der Waals surface area contributed by atoms with Crippen LogP contribution in [0.1, 0.15) is 176 Å². The Morgan fingerprint density at radius 2 is 0.979 bits per heavy atom. The molecule has 0 aromatic heterocycles. The van der Waals surface area contributed by atoms with Crippen LogP contribution < -0.4 is 51.4 Å². The zero-order chi connectivity index (χ0) is 33.7. The summed E-state index contributed by atoms with van der Waals surface area (Å²) in [6, 6.07) is 3.56. The average Bonchev–Trinajstić information content (AvgIpc) is 3.04. The SMILES string of the molecule is CCCCCCCCC/C=C/CCCCOC(=O)c1cccc(S(=O)(=O)[O-])c1C(=O)OCCCC/C=C/CCCCCCCCC.[K+]. The van der Waals surface area contributed by atoms with Gasteiger partial charge in [0.25, 0.3) is 0 Å². The van der Waals surface area contributed by atoms with E-state index in [0.29, 0.717) is 12.8 Å². The van der Waals surface area contributed by atoms with Gasteiger partial charge in [-0.3, -0.25) is 0 Å². The first-order chi connectivity index (χ1) is 22.3. The quantitative estimate of drug-likeness (QED) is 0.0278. The molecule has 262 valence electrons. The van der Waals surface area contributed by atoms with Crippen molar-refractivity contribution in [3.05, 3.63) is 53.6 Å². The smallest absolute Gasteiger partial charge is 0.744 e. The summed E-state index contributed by atoms with van der Waals surface area (Å²) in [4.78, 5) is 25.0. The van der Waals surface area contributed by atoms with Crippen molar-refractivity contribution in [2.24, 2.45) is 0 Å². The molecular formula is C38H61KO7S. The van der Waals surface area contributed by atoms with E-state index in [9.17, 15) is 22.6 Å². The van der Waals surface area contributed by atoms with Gasteiger partial charge in [0.05, 0.1) is 29.2 Å². The van der Waals surface area contributed by atoms with Gasteiger partial charge >= 0.3 is 63.3 Å². The number of rotatable bonds is 29. The Morgan fingerprint density at radius 1 is 0.596 bits per heavy atom. The number of carbonyl (C=O) groups is 2. The molecule has 0 saturated carbocycles. The Hall–Kier alpha value is -0.814. The van der Waals surface area contributed by atoms with Gasteiger partial charge < -0.3 is 14.0 Å². The van der Waals surface area contributed by atoms with Crippen molar-refractivity contribution in [1.29, 1.82) is 0 Å². The molecule has 9 heteroatoms. The van der Waals surface area contributed by atoms with Crippen LogP contribution in [-0.2, 0) is 19.6 Å². The molecular weight excluding hydrogens is 640 g/mol. The van der Waals surface area contributed by atoms with Gasteiger partial charge in [-0.05, 0) is 76.3 Å². The first-order valence-electron chi connectivity index (χ1n) is 18.1. The fourth-order valence-electron chi connectivity index (χ4n) is 5.24. The van der Waals surface area contributed by atoms with Gasteiger partial charge in [0.15, 0.2) is 0 Å². The number of ether oxygens (including phenoxy) is 2. The van der Waals surface area contributed by atoms with Crippen LogP contribution in [0.4, 0.5) is 0 Å². The molecule has 0 saturated heterocycles. The first-order valence-corrected chi connectivity index (χ1v) is 19.5. The number of esters is 2. The summed E-state index contributed by atoms with van der Waals surface area (Å²) >= 11 is 0. The van der Waals surface area contributed by atoms with Gasteiger partial charge in [-0.2, -0.15) is 0 Å². The fourth-order valence-corrected chi connectivity index (χ4v) is 5.93. The predicted molar refractivity (Wildman–Crippen MR) is 186 cm³/mol. The third kappa shape index (κ3) is 24.1. The van der Waals surface area contributed by atoms with E-state index in [2.05, 4.69) is 38.2 Å². The topological polar surface area (TPSA) is 110 Å². The molecule has 0 aliphatic heterocycles. The van der Waals surface area contributed by atoms with Crippen LogP contribution in [0, 0.1) is 0 Å². The van der Waals surface area contributed by atoms with Gasteiger partial charge in [0.2, 0.25) is 0 Å². The van der Waals surface area contributed by atoms with Crippen LogP contribution >= 0.6 is 0 Å². The van der Waals surface area contributed by atoms with Crippen LogP contribution in [0.15, 0.2) is 47.4 Å². The summed E-state index contributed by atoms with van der Waals surface area (Å²) in [5, 5.41) is 0. The molecule has 0 heterocycles. The summed E-state index contributed by atoms with van der Waals surface area (Å²) in [6.07, 6.45) is 33.5. The largest absolute Gasteiger partial charge is 1.00 e. The van der Waals surface area contributed by atoms with Crippen molar-refractivity contribution in [2.75, 3.05) is 13.2 Å². The Kier molecular flexibility index (Phi) is 30.6. The van der Waals surface area contributed by atoms with Crippen molar-refractivity contribution in [3.63, 3.8) is 0 Å². The van der Waals surface area contributed by atoms with E-state index in [0.717, 1.165) is 44.6 Å². The van der Waals surface area contributed by atoms with Gasteiger partial charge in [-0.1, -0.05) is 121 Å². The number of hydrogen-bond donors (Lipinski definition) is 0. The third-order valence-electron chi connectivity index (χ3n) is 8.00. The Balaban J connectivity index is 0.0000212. The summed E-state index contributed by atoms with van der Waals surface area (Å²) in [5.41, 5.74) is -0.824. The molecule has 1 aromatic carbocycles. The molecule has 0 aliphatic carbocycles. The fraction of sp³-hybridized carbons (Fsp3) is 0.684. The molecule has 0 spiro atoms. The van der Waals surface area contributed by atoms with Crippen molar-refractivity contribution in [3.8, 4) is 0 Å². The molecule has 0 bridgehead atoms. The Labute approximate surface area is 329 Å². The number of hydrogen-bond acceptors (Lipinski definition) is 7. The normalized spacial score (nSPS) is 11.6. The molecule has 0 fully saturated rings. The van der Waals surface area contributed by atoms with Crippen LogP contribution in [0.5, 0.6) is 0 Å². The third-order valence-corrected chi connectivity index (χ3v) is 8.88. The number of unbranched alkanes of at least 4 members (excludes halogenated alkanes) is 18. The standard InChI is InChI=1S/C38H62O7S.K/c1-3-5-7-9-11-13-15-17-19-21-23-25-27-32-44-37(39)34-30-29-31-35(46(41,42)43)36(34)38(40)45-33-28-26-24-22-20-18-16-14-12-10-8-6-4-2;/h19-22,29-31H,3-18,23-28,32-33H2,1-2H3,(H,41,42,43);/q;+1/p-1/b21-19+,22-20+;. The number of benzene rings is 1. The summed E-state index contributed by atoms with van der Waals surface area (Å²) in [6.45, 7) is 4.63. The van der Waals surface area contributed by atoms with E-state index in [1.54, 1.807) is 0 Å². The molecule has 1 rings (SSSR count). The van der Waals surface area contributed by atoms with Gasteiger partial charge in [0.1, 0.15) is 10.1 Å². The number of allylic oxidation sites excluding steroid dienone is 4. The molecule has 1 aromatic rings. The molecule has 0 amide bonds. The van der Waals surface area contributed by atoms with Crippen LogP contribution in [0.25, 0.3) is 0 Å². The maximum Gasteiger partial charge on any atom is 1.00 e. The molecule has 0 atom stereocenters. The van der Waals surface area contributed by atoms with Gasteiger partial charge in [-0.15, -0.1) is 0 Å². The summed E-state index contributed by atoms with van der Waals surface area (Å²) in [5.74, 6) is -1.86. The minimum Gasteiger partial charge on any atom is -0.744 e. The second-order valence-corrected chi connectivity index (χ2v) is 13.5. The van der Waals surface area contributed by atoms with E-state index in [-0.39, 0.29) is 70.2 Å². The zero-order valence-corrected chi connectivity index (χ0v) is 33.7. The molecule has 0 N–H and O–H groups in total. The number of carbonyl (C=O) groups excluding carboxylic acids is 2. The van der Waals surface area contributed by atoms with E-state index in [1.807, 2.05) is 0 Å². The summed E-state index contributed by atoms with van der Waals surface area (Å²) in [7, 11) is -5.02. The van der Waals surface area contributed by atoms with E-state index < -0.39 is 32.5 Å². The minimum absolute atomic E-state index is 0. The Bertz CT molecular complexity index is 1120. The van der Waals surface area contributed by atoms with E-state index in [1.165, 1.54) is 102 Å². The maximum absolute atomic E-state index is 12.9. The van der Waals surface area contributed by atoms with Crippen molar-refractivity contribution < 1.29 is 83.4 Å². The maximum atomic E-state index is 12.9. The average molecular weight is 701 g/mol. The van der Waals surface area contributed by atoms with E-state index >= 15 is 0 Å². The molecule has 0 aliphatic rings. The Morgan fingerprint density at radius 3 is 1.40 bits per heavy atom. The first kappa shape index (κ1) is 46.2. The van der Waals surface area contributed by atoms with Crippen LogP contribution in [0.3, 0.4) is 0 Å². The van der Waals surface area contributed by atoms with Gasteiger partial charge in [0, 0.05) is 0 Å². The van der Waals surface area contributed by atoms with Crippen molar-refractivity contribution in [2.45, 2.75) is 160 Å². The van der Waals surface area contributed by atoms with Crippen molar-refractivity contribution in [1.82, 2.24) is 0 Å². The second kappa shape index (κ2) is 31.2. The minimum atomic E-state index is -5.02. The second-order valence-electron chi connectivity index (χ2n) is 12.2. The van der Waals surface area contributed by atoms with Gasteiger partial charge in [-0.25, -0.2) is 18.0 Å².